The van der Waals surface area contributed by atoms with Crippen LogP contribution in [-0.2, 0) is 20.9 Å². The van der Waals surface area contributed by atoms with Gasteiger partial charge in [0.25, 0.3) is 11.1 Å². The molecule has 1 saturated heterocycles. The van der Waals surface area contributed by atoms with Crippen molar-refractivity contribution >= 4 is 63.5 Å². The summed E-state index contributed by atoms with van der Waals surface area (Å²) in [6, 6.07) is 8.84. The zero-order valence-corrected chi connectivity index (χ0v) is 22.8. The minimum absolute atomic E-state index is 0.149. The van der Waals surface area contributed by atoms with Crippen molar-refractivity contribution in [1.29, 1.82) is 0 Å². The van der Waals surface area contributed by atoms with E-state index in [9.17, 15) is 19.2 Å². The fraction of sp³-hybridized carbons (Fsp3) is 0.280. The van der Waals surface area contributed by atoms with Crippen LogP contribution >= 0.6 is 34.4 Å². The van der Waals surface area contributed by atoms with E-state index in [1.54, 1.807) is 37.3 Å². The lowest BCUT2D eigenvalue weighted by molar-refractivity contribution is -0.150. The minimum atomic E-state index is -1.03. The number of thioether (sulfide) groups is 1. The molecule has 0 aliphatic carbocycles. The zero-order chi connectivity index (χ0) is 26.4. The molecule has 0 aromatic heterocycles. The number of carboxylic acid groups (broad SMARTS) is 1. The highest BCUT2D eigenvalue weighted by Gasteiger charge is 2.41. The van der Waals surface area contributed by atoms with E-state index >= 15 is 0 Å². The average molecular weight is 625 g/mol. The van der Waals surface area contributed by atoms with Crippen LogP contribution in [0.4, 0.5) is 4.79 Å². The molecule has 1 atom stereocenters. The molecule has 2 aromatic carbocycles. The number of hydrogen-bond acceptors (Lipinski definition) is 8. The Morgan fingerprint density at radius 3 is 2.42 bits per heavy atom. The van der Waals surface area contributed by atoms with Crippen molar-refractivity contribution in [3.8, 4) is 11.5 Å². The first kappa shape index (κ1) is 27.5. The van der Waals surface area contributed by atoms with E-state index in [0.29, 0.717) is 27.2 Å². The molecule has 0 unspecified atom stereocenters. The number of ether oxygens (including phenoxy) is 3. The number of imide groups is 1. The van der Waals surface area contributed by atoms with Crippen LogP contribution in [0.15, 0.2) is 41.3 Å². The third-order valence-corrected chi connectivity index (χ3v) is 6.74. The number of carbonyl (C=O) groups excluding carboxylic acids is 3. The van der Waals surface area contributed by atoms with E-state index in [2.05, 4.69) is 22.6 Å². The van der Waals surface area contributed by atoms with Crippen molar-refractivity contribution in [3.63, 3.8) is 0 Å². The number of amides is 2. The lowest BCUT2D eigenvalue weighted by Gasteiger charge is -2.19. The highest BCUT2D eigenvalue weighted by molar-refractivity contribution is 14.1. The summed E-state index contributed by atoms with van der Waals surface area (Å²) >= 11 is 2.85. The Hall–Kier alpha value is -3.06. The van der Waals surface area contributed by atoms with Crippen LogP contribution in [0.2, 0.25) is 0 Å². The molecule has 0 bridgehead atoms. The van der Waals surface area contributed by atoms with E-state index < -0.39 is 29.1 Å². The number of carboxylic acids is 1. The van der Waals surface area contributed by atoms with E-state index in [0.717, 1.165) is 22.2 Å². The molecule has 0 spiro atoms. The van der Waals surface area contributed by atoms with Crippen LogP contribution < -0.4 is 9.47 Å². The normalized spacial score (nSPS) is 15.2. The van der Waals surface area contributed by atoms with Crippen molar-refractivity contribution in [2.75, 3.05) is 13.2 Å². The van der Waals surface area contributed by atoms with Gasteiger partial charge in [0.05, 0.1) is 27.3 Å². The summed E-state index contributed by atoms with van der Waals surface area (Å²) in [6.07, 6.45) is 1.57. The summed E-state index contributed by atoms with van der Waals surface area (Å²) in [7, 11) is 0. The topological polar surface area (TPSA) is 119 Å². The molecule has 36 heavy (non-hydrogen) atoms. The molecule has 1 fully saturated rings. The first-order valence-corrected chi connectivity index (χ1v) is 12.9. The first-order valence-electron chi connectivity index (χ1n) is 11.0. The third-order valence-electron chi connectivity index (χ3n) is 5.05. The molecular weight excluding hydrogens is 601 g/mol. The van der Waals surface area contributed by atoms with Gasteiger partial charge in [-0.3, -0.25) is 14.5 Å². The van der Waals surface area contributed by atoms with Gasteiger partial charge in [0, 0.05) is 0 Å². The van der Waals surface area contributed by atoms with Crippen molar-refractivity contribution in [3.05, 3.63) is 61.6 Å². The van der Waals surface area contributed by atoms with E-state index in [-0.39, 0.29) is 23.7 Å². The third kappa shape index (κ3) is 6.38. The zero-order valence-electron chi connectivity index (χ0n) is 19.8. The quantitative estimate of drug-likeness (QED) is 0.222. The van der Waals surface area contributed by atoms with Crippen LogP contribution in [-0.4, -0.2) is 52.3 Å². The van der Waals surface area contributed by atoms with Crippen molar-refractivity contribution in [1.82, 2.24) is 4.90 Å². The van der Waals surface area contributed by atoms with Gasteiger partial charge in [-0.25, -0.2) is 9.59 Å². The summed E-state index contributed by atoms with van der Waals surface area (Å²) in [5, 5.41) is 8.50. The maximum atomic E-state index is 12.9. The fourth-order valence-electron chi connectivity index (χ4n) is 3.31. The highest BCUT2D eigenvalue weighted by Crippen LogP contribution is 2.38. The molecule has 0 radical (unpaired) electrons. The lowest BCUT2D eigenvalue weighted by Crippen LogP contribution is -2.42. The van der Waals surface area contributed by atoms with Gasteiger partial charge < -0.3 is 19.3 Å². The number of esters is 1. The van der Waals surface area contributed by atoms with Crippen molar-refractivity contribution in [2.45, 2.75) is 33.4 Å². The van der Waals surface area contributed by atoms with Gasteiger partial charge in [-0.15, -0.1) is 0 Å². The molecule has 1 heterocycles. The van der Waals surface area contributed by atoms with Crippen LogP contribution in [0.3, 0.4) is 0 Å². The van der Waals surface area contributed by atoms with Crippen LogP contribution in [0.5, 0.6) is 11.5 Å². The predicted molar refractivity (Wildman–Crippen MR) is 142 cm³/mol. The number of carbonyl (C=O) groups is 4. The summed E-state index contributed by atoms with van der Waals surface area (Å²) in [6.45, 7) is 5.65. The number of hydrogen-bond donors (Lipinski definition) is 1. The van der Waals surface area contributed by atoms with Gasteiger partial charge in [-0.2, -0.15) is 0 Å². The van der Waals surface area contributed by atoms with Crippen LogP contribution in [0.25, 0.3) is 6.08 Å². The van der Waals surface area contributed by atoms with E-state index in [1.807, 2.05) is 6.92 Å². The minimum Gasteiger partial charge on any atom is -0.490 e. The van der Waals surface area contributed by atoms with E-state index in [1.165, 1.54) is 19.1 Å². The number of rotatable bonds is 10. The maximum Gasteiger partial charge on any atom is 0.335 e. The smallest absolute Gasteiger partial charge is 0.335 e. The Kier molecular flexibility index (Phi) is 9.37. The maximum absolute atomic E-state index is 12.9. The molecule has 0 saturated carbocycles. The number of benzene rings is 2. The second-order valence-corrected chi connectivity index (χ2v) is 9.69. The van der Waals surface area contributed by atoms with Gasteiger partial charge in [0.2, 0.25) is 0 Å². The molecule has 1 aliphatic heterocycles. The Morgan fingerprint density at radius 1 is 1.11 bits per heavy atom. The molecule has 3 rings (SSSR count). The molecule has 2 amide bonds. The molecule has 9 nitrogen and oxygen atoms in total. The van der Waals surface area contributed by atoms with Crippen molar-refractivity contribution < 1.29 is 38.5 Å². The summed E-state index contributed by atoms with van der Waals surface area (Å²) in [5.74, 6) is -1.26. The Balaban J connectivity index is 1.82. The average Bonchev–Trinajstić information content (AvgIpc) is 3.11. The van der Waals surface area contributed by atoms with Crippen LogP contribution in [0, 0.1) is 3.57 Å². The molecule has 1 N–H and O–H groups in total. The summed E-state index contributed by atoms with van der Waals surface area (Å²) in [4.78, 5) is 49.5. The van der Waals surface area contributed by atoms with E-state index in [4.69, 9.17) is 19.3 Å². The molecule has 2 aromatic rings. The largest absolute Gasteiger partial charge is 0.490 e. The Bertz CT molecular complexity index is 1210. The van der Waals surface area contributed by atoms with Gasteiger partial charge in [-0.05, 0) is 96.6 Å². The van der Waals surface area contributed by atoms with Crippen molar-refractivity contribution in [2.24, 2.45) is 0 Å². The summed E-state index contributed by atoms with van der Waals surface area (Å²) in [5.41, 5.74) is 1.59. The molecule has 190 valence electrons. The van der Waals surface area contributed by atoms with Crippen LogP contribution in [0.1, 0.15) is 42.3 Å². The van der Waals surface area contributed by atoms with Gasteiger partial charge in [0.1, 0.15) is 12.6 Å². The molecular formula is C25H24INO8S. The second-order valence-electron chi connectivity index (χ2n) is 7.53. The number of halogens is 1. The summed E-state index contributed by atoms with van der Waals surface area (Å²) < 4.78 is 17.4. The molecule has 11 heteroatoms. The number of nitrogens with zero attached hydrogens (tertiary/aromatic N) is 1. The Labute approximate surface area is 225 Å². The number of aromatic carboxylic acids is 1. The fourth-order valence-corrected chi connectivity index (χ4v) is 5.00. The lowest BCUT2D eigenvalue weighted by atomic mass is 10.1. The monoisotopic (exact) mass is 625 g/mol. The predicted octanol–water partition coefficient (Wildman–Crippen LogP) is 4.96. The standard InChI is InChI=1S/C25H24INO8S/c1-4-33-19-11-16(12-20-22(28)27(25(32)36-20)14(3)24(31)34-5-2)10-18(26)21(19)35-13-15-6-8-17(9-7-15)23(29)30/h6-12,14H,4-5,13H2,1-3H3,(H,29,30)/b20-12+/t14-/m1/s1. The van der Waals surface area contributed by atoms with Gasteiger partial charge in [-0.1, -0.05) is 12.1 Å². The first-order chi connectivity index (χ1) is 17.2. The Morgan fingerprint density at radius 2 is 1.81 bits per heavy atom. The molecule has 1 aliphatic rings. The van der Waals surface area contributed by atoms with Gasteiger partial charge in [0.15, 0.2) is 11.5 Å². The SMILES string of the molecule is CCOC(=O)[C@@H](C)N1C(=O)S/C(=C/c2cc(I)c(OCc3ccc(C(=O)O)cc3)c(OCC)c2)C1=O. The van der Waals surface area contributed by atoms with Gasteiger partial charge >= 0.3 is 11.9 Å². The second kappa shape index (κ2) is 12.3. The highest BCUT2D eigenvalue weighted by atomic mass is 127.